The van der Waals surface area contributed by atoms with Gasteiger partial charge in [-0.3, -0.25) is 0 Å². The van der Waals surface area contributed by atoms with Crippen molar-refractivity contribution in [3.63, 3.8) is 0 Å². The molecule has 0 amide bonds. The van der Waals surface area contributed by atoms with Gasteiger partial charge in [0.2, 0.25) is 0 Å². The molecule has 20 heavy (non-hydrogen) atoms. The Kier molecular flexibility index (Phi) is 6.33. The molecular formula is C16H20O3S. The first kappa shape index (κ1) is 15.3. The highest BCUT2D eigenvalue weighted by Gasteiger charge is 2.06. The van der Waals surface area contributed by atoms with Crippen LogP contribution in [0.4, 0.5) is 0 Å². The lowest BCUT2D eigenvalue weighted by atomic mass is 10.1. The normalized spacial score (nSPS) is 12.7. The van der Waals surface area contributed by atoms with E-state index in [1.54, 1.807) is 18.9 Å². The van der Waals surface area contributed by atoms with E-state index in [1.165, 1.54) is 15.7 Å². The van der Waals surface area contributed by atoms with Crippen LogP contribution in [0.2, 0.25) is 0 Å². The van der Waals surface area contributed by atoms with E-state index in [9.17, 15) is 5.11 Å². The Balaban J connectivity index is 1.80. The molecule has 0 aromatic heterocycles. The second-order valence-corrected chi connectivity index (χ2v) is 5.63. The largest absolute Gasteiger partial charge is 0.390 e. The van der Waals surface area contributed by atoms with E-state index in [0.717, 1.165) is 0 Å². The number of fused-ring (bicyclic) bond motifs is 1. The molecule has 3 nitrogen and oxygen atoms in total. The molecular weight excluding hydrogens is 272 g/mol. The lowest BCUT2D eigenvalue weighted by Crippen LogP contribution is -2.19. The summed E-state index contributed by atoms with van der Waals surface area (Å²) >= 11 is 1.65. The maximum absolute atomic E-state index is 9.84. The Labute approximate surface area is 123 Å². The first-order valence-corrected chi connectivity index (χ1v) is 7.64. The van der Waals surface area contributed by atoms with Gasteiger partial charge in [0.1, 0.15) is 0 Å². The summed E-state index contributed by atoms with van der Waals surface area (Å²) in [6, 6.07) is 14.6. The number of aliphatic hydroxyl groups excluding tert-OH is 1. The van der Waals surface area contributed by atoms with Crippen LogP contribution in [-0.4, -0.2) is 43.9 Å². The topological polar surface area (TPSA) is 38.7 Å². The monoisotopic (exact) mass is 292 g/mol. The van der Waals surface area contributed by atoms with Gasteiger partial charge in [-0.15, -0.1) is 11.8 Å². The smallest absolute Gasteiger partial charge is 0.0867 e. The van der Waals surface area contributed by atoms with Crippen molar-refractivity contribution in [2.75, 3.05) is 32.7 Å². The van der Waals surface area contributed by atoms with E-state index >= 15 is 0 Å². The third-order valence-corrected chi connectivity index (χ3v) is 4.04. The molecule has 108 valence electrons. The summed E-state index contributed by atoms with van der Waals surface area (Å²) in [7, 11) is 1.63. The van der Waals surface area contributed by atoms with E-state index in [0.29, 0.717) is 25.6 Å². The molecule has 2 aromatic rings. The minimum atomic E-state index is -0.455. The second kappa shape index (κ2) is 8.27. The summed E-state index contributed by atoms with van der Waals surface area (Å²) in [4.78, 5) is 1.17. The van der Waals surface area contributed by atoms with Crippen LogP contribution < -0.4 is 0 Å². The van der Waals surface area contributed by atoms with Gasteiger partial charge in [-0.2, -0.15) is 0 Å². The SMILES string of the molecule is COCCOCC(O)CSc1ccc2ccccc2c1. The van der Waals surface area contributed by atoms with Gasteiger partial charge in [-0.1, -0.05) is 30.3 Å². The van der Waals surface area contributed by atoms with Gasteiger partial charge >= 0.3 is 0 Å². The van der Waals surface area contributed by atoms with E-state index in [4.69, 9.17) is 9.47 Å². The number of aliphatic hydroxyl groups is 1. The maximum Gasteiger partial charge on any atom is 0.0867 e. The molecule has 0 heterocycles. The molecule has 1 N–H and O–H groups in total. The molecule has 0 bridgehead atoms. The van der Waals surface area contributed by atoms with Crippen molar-refractivity contribution in [2.24, 2.45) is 0 Å². The van der Waals surface area contributed by atoms with Gasteiger partial charge in [0, 0.05) is 17.8 Å². The number of hydrogen-bond donors (Lipinski definition) is 1. The standard InChI is InChI=1S/C16H20O3S/c1-18-8-9-19-11-15(17)12-20-16-7-6-13-4-2-3-5-14(13)10-16/h2-7,10,15,17H,8-9,11-12H2,1H3. The van der Waals surface area contributed by atoms with Crippen LogP contribution in [0.15, 0.2) is 47.4 Å². The van der Waals surface area contributed by atoms with Crippen molar-refractivity contribution in [1.82, 2.24) is 0 Å². The van der Waals surface area contributed by atoms with Gasteiger partial charge in [-0.05, 0) is 22.9 Å². The van der Waals surface area contributed by atoms with Gasteiger partial charge in [0.15, 0.2) is 0 Å². The van der Waals surface area contributed by atoms with Crippen LogP contribution in [0.3, 0.4) is 0 Å². The predicted molar refractivity (Wildman–Crippen MR) is 83.4 cm³/mol. The minimum Gasteiger partial charge on any atom is -0.390 e. The average Bonchev–Trinajstić information content (AvgIpc) is 2.49. The summed E-state index contributed by atoms with van der Waals surface area (Å²) in [6.07, 6.45) is -0.455. The van der Waals surface area contributed by atoms with Crippen LogP contribution in [0, 0.1) is 0 Å². The van der Waals surface area contributed by atoms with Gasteiger partial charge in [0.25, 0.3) is 0 Å². The fourth-order valence-corrected chi connectivity index (χ4v) is 2.71. The molecule has 0 aliphatic rings. The molecule has 1 atom stereocenters. The Morgan fingerprint density at radius 2 is 1.90 bits per heavy atom. The summed E-state index contributed by atoms with van der Waals surface area (Å²) in [6.45, 7) is 1.43. The number of benzene rings is 2. The molecule has 4 heteroatoms. The highest BCUT2D eigenvalue weighted by Crippen LogP contribution is 2.24. The van der Waals surface area contributed by atoms with Crippen LogP contribution in [-0.2, 0) is 9.47 Å². The summed E-state index contributed by atoms with van der Waals surface area (Å²) in [5.74, 6) is 0.630. The zero-order chi connectivity index (χ0) is 14.2. The zero-order valence-corrected chi connectivity index (χ0v) is 12.4. The Morgan fingerprint density at radius 3 is 2.70 bits per heavy atom. The van der Waals surface area contributed by atoms with Crippen LogP contribution >= 0.6 is 11.8 Å². The van der Waals surface area contributed by atoms with Gasteiger partial charge in [0.05, 0.1) is 25.9 Å². The molecule has 0 radical (unpaired) electrons. The first-order valence-electron chi connectivity index (χ1n) is 6.66. The molecule has 0 aliphatic carbocycles. The average molecular weight is 292 g/mol. The van der Waals surface area contributed by atoms with Crippen LogP contribution in [0.5, 0.6) is 0 Å². The van der Waals surface area contributed by atoms with Crippen molar-refractivity contribution >= 4 is 22.5 Å². The minimum absolute atomic E-state index is 0.351. The molecule has 0 spiro atoms. The Hall–Kier alpha value is -1.07. The molecule has 2 rings (SSSR count). The van der Waals surface area contributed by atoms with E-state index in [2.05, 4.69) is 30.3 Å². The summed E-state index contributed by atoms with van der Waals surface area (Å²) in [5, 5.41) is 12.3. The number of hydrogen-bond acceptors (Lipinski definition) is 4. The lowest BCUT2D eigenvalue weighted by molar-refractivity contribution is 0.0218. The third-order valence-electron chi connectivity index (χ3n) is 2.91. The Bertz CT molecular complexity index is 530. The van der Waals surface area contributed by atoms with E-state index in [-0.39, 0.29) is 0 Å². The molecule has 0 fully saturated rings. The lowest BCUT2D eigenvalue weighted by Gasteiger charge is -2.11. The number of thioether (sulfide) groups is 1. The van der Waals surface area contributed by atoms with Crippen LogP contribution in [0.25, 0.3) is 10.8 Å². The molecule has 0 saturated carbocycles. The van der Waals surface area contributed by atoms with Gasteiger partial charge in [-0.25, -0.2) is 0 Å². The zero-order valence-electron chi connectivity index (χ0n) is 11.6. The number of methoxy groups -OCH3 is 1. The summed E-state index contributed by atoms with van der Waals surface area (Å²) in [5.41, 5.74) is 0. The summed E-state index contributed by atoms with van der Waals surface area (Å²) < 4.78 is 10.2. The Morgan fingerprint density at radius 1 is 1.10 bits per heavy atom. The predicted octanol–water partition coefficient (Wildman–Crippen LogP) is 2.96. The third kappa shape index (κ3) is 4.80. The molecule has 2 aromatic carbocycles. The van der Waals surface area contributed by atoms with Gasteiger partial charge < -0.3 is 14.6 Å². The molecule has 0 saturated heterocycles. The van der Waals surface area contributed by atoms with E-state index in [1.807, 2.05) is 12.1 Å². The van der Waals surface area contributed by atoms with E-state index < -0.39 is 6.10 Å². The highest BCUT2D eigenvalue weighted by atomic mass is 32.2. The van der Waals surface area contributed by atoms with Crippen molar-refractivity contribution < 1.29 is 14.6 Å². The van der Waals surface area contributed by atoms with Crippen LogP contribution in [0.1, 0.15) is 0 Å². The van der Waals surface area contributed by atoms with Crippen molar-refractivity contribution in [2.45, 2.75) is 11.0 Å². The maximum atomic E-state index is 9.84. The molecule has 0 aliphatic heterocycles. The second-order valence-electron chi connectivity index (χ2n) is 4.54. The van der Waals surface area contributed by atoms with Crippen molar-refractivity contribution in [3.05, 3.63) is 42.5 Å². The fraction of sp³-hybridized carbons (Fsp3) is 0.375. The van der Waals surface area contributed by atoms with Crippen molar-refractivity contribution in [3.8, 4) is 0 Å². The first-order chi connectivity index (χ1) is 9.79. The number of rotatable bonds is 8. The van der Waals surface area contributed by atoms with Crippen molar-refractivity contribution in [1.29, 1.82) is 0 Å². The highest BCUT2D eigenvalue weighted by molar-refractivity contribution is 7.99. The number of ether oxygens (including phenoxy) is 2. The molecule has 1 unspecified atom stereocenters. The fourth-order valence-electron chi connectivity index (χ4n) is 1.86. The quantitative estimate of drug-likeness (QED) is 0.600.